The molecule has 1 aromatic heterocycles. The van der Waals surface area contributed by atoms with Crippen LogP contribution in [0, 0.1) is 11.3 Å². The van der Waals surface area contributed by atoms with E-state index in [-0.39, 0.29) is 5.92 Å². The molecule has 0 aromatic carbocycles. The van der Waals surface area contributed by atoms with Crippen molar-refractivity contribution in [2.75, 3.05) is 0 Å². The van der Waals surface area contributed by atoms with E-state index >= 15 is 0 Å². The topological polar surface area (TPSA) is 52.5 Å². The molecule has 1 heterocycles. The second kappa shape index (κ2) is 3.77. The van der Waals surface area contributed by atoms with E-state index < -0.39 is 0 Å². The molecule has 0 saturated carbocycles. The average Bonchev–Trinajstić information content (AvgIpc) is 2.52. The van der Waals surface area contributed by atoms with Gasteiger partial charge in [0.25, 0.3) is 0 Å². The Hall–Kier alpha value is -1.30. The summed E-state index contributed by atoms with van der Waals surface area (Å²) < 4.78 is 0. The third-order valence-electron chi connectivity index (χ3n) is 1.58. The third-order valence-corrected chi connectivity index (χ3v) is 1.58. The highest BCUT2D eigenvalue weighted by Gasteiger charge is 2.10. The number of hydrogen-bond donors (Lipinski definition) is 1. The highest BCUT2D eigenvalue weighted by atomic mass is 14.9. The summed E-state index contributed by atoms with van der Waals surface area (Å²) >= 11 is 0. The summed E-state index contributed by atoms with van der Waals surface area (Å²) in [6.07, 6.45) is 5.31. The summed E-state index contributed by atoms with van der Waals surface area (Å²) in [6.45, 7) is 2.06. The van der Waals surface area contributed by atoms with Gasteiger partial charge < -0.3 is 4.98 Å². The van der Waals surface area contributed by atoms with Gasteiger partial charge in [0.2, 0.25) is 0 Å². The van der Waals surface area contributed by atoms with Gasteiger partial charge in [-0.15, -0.1) is 0 Å². The van der Waals surface area contributed by atoms with Crippen molar-refractivity contribution in [3.63, 3.8) is 0 Å². The van der Waals surface area contributed by atoms with Gasteiger partial charge in [-0.05, 0) is 6.42 Å². The van der Waals surface area contributed by atoms with Crippen LogP contribution in [-0.2, 0) is 0 Å². The SMILES string of the molecule is CCCC(C#N)c1ncc[nH]1. The fourth-order valence-electron chi connectivity index (χ4n) is 1.02. The average molecular weight is 149 g/mol. The van der Waals surface area contributed by atoms with E-state index in [4.69, 9.17) is 5.26 Å². The zero-order valence-electron chi connectivity index (χ0n) is 6.54. The Morgan fingerprint density at radius 1 is 1.82 bits per heavy atom. The number of aromatic nitrogens is 2. The molecule has 3 nitrogen and oxygen atoms in total. The molecule has 0 spiro atoms. The van der Waals surface area contributed by atoms with Gasteiger partial charge in [0.05, 0.1) is 6.07 Å². The number of H-pyrrole nitrogens is 1. The maximum atomic E-state index is 8.72. The minimum absolute atomic E-state index is 0.0602. The van der Waals surface area contributed by atoms with Crippen LogP contribution in [0.5, 0.6) is 0 Å². The number of rotatable bonds is 3. The highest BCUT2D eigenvalue weighted by molar-refractivity contribution is 5.07. The highest BCUT2D eigenvalue weighted by Crippen LogP contribution is 2.15. The minimum atomic E-state index is -0.0602. The van der Waals surface area contributed by atoms with Crippen LogP contribution in [-0.4, -0.2) is 9.97 Å². The number of nitrogens with one attached hydrogen (secondary N) is 1. The molecule has 0 aliphatic rings. The monoisotopic (exact) mass is 149 g/mol. The predicted molar refractivity (Wildman–Crippen MR) is 41.8 cm³/mol. The molecule has 1 N–H and O–H groups in total. The van der Waals surface area contributed by atoms with Crippen molar-refractivity contribution < 1.29 is 0 Å². The van der Waals surface area contributed by atoms with Gasteiger partial charge in [0.15, 0.2) is 0 Å². The maximum Gasteiger partial charge on any atom is 0.123 e. The molecule has 0 amide bonds. The van der Waals surface area contributed by atoms with E-state index in [1.54, 1.807) is 12.4 Å². The second-order valence-corrected chi connectivity index (χ2v) is 2.44. The Kier molecular flexibility index (Phi) is 2.67. The molecule has 11 heavy (non-hydrogen) atoms. The summed E-state index contributed by atoms with van der Waals surface area (Å²) in [5.41, 5.74) is 0. The molecule has 58 valence electrons. The summed E-state index contributed by atoms with van der Waals surface area (Å²) in [5, 5.41) is 8.72. The first-order valence-electron chi connectivity index (χ1n) is 3.77. The normalized spacial score (nSPS) is 12.4. The van der Waals surface area contributed by atoms with Crippen molar-refractivity contribution in [1.82, 2.24) is 9.97 Å². The Bertz CT molecular complexity index is 232. The number of aromatic amines is 1. The quantitative estimate of drug-likeness (QED) is 0.712. The summed E-state index contributed by atoms with van der Waals surface area (Å²) in [4.78, 5) is 6.97. The van der Waals surface area contributed by atoms with Gasteiger partial charge >= 0.3 is 0 Å². The Morgan fingerprint density at radius 3 is 3.09 bits per heavy atom. The van der Waals surface area contributed by atoms with E-state index in [1.165, 1.54) is 0 Å². The molecule has 0 aliphatic heterocycles. The lowest BCUT2D eigenvalue weighted by Crippen LogP contribution is -1.96. The van der Waals surface area contributed by atoms with E-state index in [0.717, 1.165) is 18.7 Å². The standard InChI is InChI=1S/C8H11N3/c1-2-3-7(6-9)8-10-4-5-11-8/h4-5,7H,2-3H2,1H3,(H,10,11). The van der Waals surface area contributed by atoms with Crippen LogP contribution >= 0.6 is 0 Å². The molecule has 1 unspecified atom stereocenters. The fourth-order valence-corrected chi connectivity index (χ4v) is 1.02. The van der Waals surface area contributed by atoms with Crippen molar-refractivity contribution >= 4 is 0 Å². The van der Waals surface area contributed by atoms with Crippen molar-refractivity contribution in [2.45, 2.75) is 25.7 Å². The van der Waals surface area contributed by atoms with Gasteiger partial charge in [0, 0.05) is 12.4 Å². The predicted octanol–water partition coefficient (Wildman–Crippen LogP) is 1.82. The largest absolute Gasteiger partial charge is 0.347 e. The molecule has 3 heteroatoms. The van der Waals surface area contributed by atoms with Crippen molar-refractivity contribution in [1.29, 1.82) is 5.26 Å². The zero-order valence-corrected chi connectivity index (χ0v) is 6.54. The van der Waals surface area contributed by atoms with Crippen LogP contribution < -0.4 is 0 Å². The Balaban J connectivity index is 2.65. The first kappa shape index (κ1) is 7.80. The van der Waals surface area contributed by atoms with Gasteiger partial charge in [-0.2, -0.15) is 5.26 Å². The third kappa shape index (κ3) is 1.81. The molecule has 0 aliphatic carbocycles. The molecule has 1 rings (SSSR count). The van der Waals surface area contributed by atoms with Gasteiger partial charge in [-0.1, -0.05) is 13.3 Å². The first-order chi connectivity index (χ1) is 5.38. The zero-order chi connectivity index (χ0) is 8.10. The lowest BCUT2D eigenvalue weighted by atomic mass is 10.1. The van der Waals surface area contributed by atoms with Crippen LogP contribution in [0.3, 0.4) is 0 Å². The number of nitrogens with zero attached hydrogens (tertiary/aromatic N) is 2. The van der Waals surface area contributed by atoms with Crippen molar-refractivity contribution in [2.24, 2.45) is 0 Å². The van der Waals surface area contributed by atoms with Crippen LogP contribution in [0.4, 0.5) is 0 Å². The van der Waals surface area contributed by atoms with Crippen LogP contribution in [0.1, 0.15) is 31.5 Å². The molecule has 0 saturated heterocycles. The van der Waals surface area contributed by atoms with Gasteiger partial charge in [-0.3, -0.25) is 0 Å². The Morgan fingerprint density at radius 2 is 2.64 bits per heavy atom. The summed E-state index contributed by atoms with van der Waals surface area (Å²) in [5.74, 6) is 0.726. The van der Waals surface area contributed by atoms with Crippen molar-refractivity contribution in [3.8, 4) is 6.07 Å². The summed E-state index contributed by atoms with van der Waals surface area (Å²) in [6, 6.07) is 2.21. The Labute approximate surface area is 66.1 Å². The lowest BCUT2D eigenvalue weighted by Gasteiger charge is -2.01. The van der Waals surface area contributed by atoms with E-state index in [0.29, 0.717) is 0 Å². The lowest BCUT2D eigenvalue weighted by molar-refractivity contribution is 0.694. The smallest absolute Gasteiger partial charge is 0.123 e. The minimum Gasteiger partial charge on any atom is -0.347 e. The van der Waals surface area contributed by atoms with Crippen LogP contribution in [0.25, 0.3) is 0 Å². The molecule has 0 radical (unpaired) electrons. The van der Waals surface area contributed by atoms with Crippen molar-refractivity contribution in [3.05, 3.63) is 18.2 Å². The molecular weight excluding hydrogens is 138 g/mol. The second-order valence-electron chi connectivity index (χ2n) is 2.44. The molecular formula is C8H11N3. The maximum absolute atomic E-state index is 8.72. The molecule has 0 fully saturated rings. The molecule has 1 atom stereocenters. The number of hydrogen-bond acceptors (Lipinski definition) is 2. The fraction of sp³-hybridized carbons (Fsp3) is 0.500. The number of imidazole rings is 1. The molecule has 1 aromatic rings. The first-order valence-corrected chi connectivity index (χ1v) is 3.77. The van der Waals surface area contributed by atoms with Crippen LogP contribution in [0.15, 0.2) is 12.4 Å². The summed E-state index contributed by atoms with van der Waals surface area (Å²) in [7, 11) is 0. The van der Waals surface area contributed by atoms with Crippen LogP contribution in [0.2, 0.25) is 0 Å². The van der Waals surface area contributed by atoms with E-state index in [1.807, 2.05) is 0 Å². The van der Waals surface area contributed by atoms with Gasteiger partial charge in [-0.25, -0.2) is 4.98 Å². The van der Waals surface area contributed by atoms with E-state index in [9.17, 15) is 0 Å². The molecule has 0 bridgehead atoms. The van der Waals surface area contributed by atoms with E-state index in [2.05, 4.69) is 23.0 Å². The number of nitriles is 1. The van der Waals surface area contributed by atoms with Gasteiger partial charge in [0.1, 0.15) is 11.7 Å².